The van der Waals surface area contributed by atoms with E-state index >= 15 is 0 Å². The maximum absolute atomic E-state index is 11.7. The molecule has 0 aliphatic carbocycles. The van der Waals surface area contributed by atoms with Gasteiger partial charge in [0.15, 0.2) is 6.29 Å². The van der Waals surface area contributed by atoms with Crippen molar-refractivity contribution in [2.75, 3.05) is 13.2 Å². The predicted molar refractivity (Wildman–Crippen MR) is 88.9 cm³/mol. The molecule has 4 heteroatoms. The fourth-order valence-corrected chi connectivity index (χ4v) is 2.83. The average molecular weight is 320 g/mol. The molecule has 0 N–H and O–H groups in total. The topological polar surface area (TPSA) is 44.8 Å². The summed E-state index contributed by atoms with van der Waals surface area (Å²) in [5.74, 6) is -0.118. The third-order valence-corrected chi connectivity index (χ3v) is 4.17. The van der Waals surface area contributed by atoms with Gasteiger partial charge in [0, 0.05) is 5.56 Å². The Bertz CT molecular complexity index is 483. The number of ether oxygens (including phenoxy) is 3. The van der Waals surface area contributed by atoms with Gasteiger partial charge in [-0.05, 0) is 31.6 Å². The molecule has 0 amide bonds. The summed E-state index contributed by atoms with van der Waals surface area (Å²) in [5.41, 5.74) is 0.985. The summed E-state index contributed by atoms with van der Waals surface area (Å²) in [6.45, 7) is 7.21. The molecule has 4 nitrogen and oxygen atoms in total. The number of rotatable bonds is 7. The standard InChI is InChI=1S/C19H28O4/c1-4-21-17(20)14-19(2,3)12-10-16-11-13-22-18(23-16)15-8-6-5-7-9-15/h5-9,16,18H,4,10-14H2,1-3H3. The van der Waals surface area contributed by atoms with Crippen LogP contribution in [0.25, 0.3) is 0 Å². The summed E-state index contributed by atoms with van der Waals surface area (Å²) < 4.78 is 16.9. The highest BCUT2D eigenvalue weighted by atomic mass is 16.7. The van der Waals surface area contributed by atoms with Gasteiger partial charge in [-0.15, -0.1) is 0 Å². The fourth-order valence-electron chi connectivity index (χ4n) is 2.83. The molecule has 1 aromatic rings. The van der Waals surface area contributed by atoms with Crippen LogP contribution >= 0.6 is 0 Å². The number of hydrogen-bond donors (Lipinski definition) is 0. The summed E-state index contributed by atoms with van der Waals surface area (Å²) >= 11 is 0. The Labute approximate surface area is 139 Å². The third-order valence-electron chi connectivity index (χ3n) is 4.17. The number of carbonyl (C=O) groups is 1. The number of hydrogen-bond acceptors (Lipinski definition) is 4. The first-order chi connectivity index (χ1) is 11.0. The predicted octanol–water partition coefficient (Wildman–Crippen LogP) is 4.25. The van der Waals surface area contributed by atoms with Crippen LogP contribution in [-0.2, 0) is 19.0 Å². The molecule has 0 radical (unpaired) electrons. The fraction of sp³-hybridized carbons (Fsp3) is 0.632. The first-order valence-electron chi connectivity index (χ1n) is 8.48. The molecule has 0 saturated carbocycles. The molecule has 1 saturated heterocycles. The van der Waals surface area contributed by atoms with Crippen molar-refractivity contribution in [1.82, 2.24) is 0 Å². The SMILES string of the molecule is CCOC(=O)CC(C)(C)CCC1CCOC(c2ccccc2)O1. The first-order valence-corrected chi connectivity index (χ1v) is 8.48. The van der Waals surface area contributed by atoms with Gasteiger partial charge in [0.05, 0.1) is 25.7 Å². The van der Waals surface area contributed by atoms with Gasteiger partial charge in [0.1, 0.15) is 0 Å². The zero-order valence-corrected chi connectivity index (χ0v) is 14.4. The maximum Gasteiger partial charge on any atom is 0.306 e. The maximum atomic E-state index is 11.7. The first kappa shape index (κ1) is 18.0. The lowest BCUT2D eigenvalue weighted by Gasteiger charge is -2.32. The van der Waals surface area contributed by atoms with Crippen LogP contribution in [0.3, 0.4) is 0 Å². The highest BCUT2D eigenvalue weighted by molar-refractivity contribution is 5.70. The number of esters is 1. The van der Waals surface area contributed by atoms with E-state index in [1.165, 1.54) is 0 Å². The van der Waals surface area contributed by atoms with Crippen molar-refractivity contribution in [3.8, 4) is 0 Å². The normalized spacial score (nSPS) is 21.9. The van der Waals surface area contributed by atoms with Crippen molar-refractivity contribution in [3.05, 3.63) is 35.9 Å². The Balaban J connectivity index is 1.82. The molecule has 128 valence electrons. The molecule has 23 heavy (non-hydrogen) atoms. The van der Waals surface area contributed by atoms with E-state index in [0.29, 0.717) is 19.6 Å². The lowest BCUT2D eigenvalue weighted by atomic mass is 9.83. The second-order valence-electron chi connectivity index (χ2n) is 6.84. The van der Waals surface area contributed by atoms with E-state index in [-0.39, 0.29) is 23.8 Å². The van der Waals surface area contributed by atoms with Gasteiger partial charge < -0.3 is 14.2 Å². The van der Waals surface area contributed by atoms with E-state index in [2.05, 4.69) is 13.8 Å². The van der Waals surface area contributed by atoms with Crippen molar-refractivity contribution in [2.24, 2.45) is 5.41 Å². The summed E-state index contributed by atoms with van der Waals surface area (Å²) in [6.07, 6.45) is 3.11. The van der Waals surface area contributed by atoms with Crippen LogP contribution in [0, 0.1) is 5.41 Å². The van der Waals surface area contributed by atoms with Crippen molar-refractivity contribution >= 4 is 5.97 Å². The minimum atomic E-state index is -0.275. The number of carbonyl (C=O) groups excluding carboxylic acids is 1. The summed E-state index contributed by atoms with van der Waals surface area (Å²) in [7, 11) is 0. The lowest BCUT2D eigenvalue weighted by Crippen LogP contribution is -2.29. The molecule has 2 rings (SSSR count). The Morgan fingerprint density at radius 3 is 2.74 bits per heavy atom. The molecule has 1 aromatic carbocycles. The van der Waals surface area contributed by atoms with E-state index in [9.17, 15) is 4.79 Å². The Morgan fingerprint density at radius 2 is 2.04 bits per heavy atom. The van der Waals surface area contributed by atoms with Crippen molar-refractivity contribution in [3.63, 3.8) is 0 Å². The molecule has 1 heterocycles. The minimum absolute atomic E-state index is 0.0733. The van der Waals surface area contributed by atoms with Crippen molar-refractivity contribution < 1.29 is 19.0 Å². The van der Waals surface area contributed by atoms with E-state index in [0.717, 1.165) is 24.8 Å². The van der Waals surface area contributed by atoms with Gasteiger partial charge >= 0.3 is 5.97 Å². The van der Waals surface area contributed by atoms with Crippen LogP contribution in [0.1, 0.15) is 58.3 Å². The van der Waals surface area contributed by atoms with Crippen molar-refractivity contribution in [2.45, 2.75) is 58.8 Å². The zero-order valence-electron chi connectivity index (χ0n) is 14.4. The zero-order chi connectivity index (χ0) is 16.7. The Kier molecular flexibility index (Phi) is 6.60. The van der Waals surface area contributed by atoms with E-state index in [1.807, 2.05) is 37.3 Å². The Hall–Kier alpha value is -1.39. The van der Waals surface area contributed by atoms with Crippen LogP contribution in [0.15, 0.2) is 30.3 Å². The average Bonchev–Trinajstić information content (AvgIpc) is 2.54. The highest BCUT2D eigenvalue weighted by Gasteiger charge is 2.28. The van der Waals surface area contributed by atoms with Gasteiger partial charge in [-0.1, -0.05) is 44.2 Å². The minimum Gasteiger partial charge on any atom is -0.466 e. The van der Waals surface area contributed by atoms with Gasteiger partial charge in [-0.3, -0.25) is 4.79 Å². The summed E-state index contributed by atoms with van der Waals surface area (Å²) in [5, 5.41) is 0. The number of benzene rings is 1. The van der Waals surface area contributed by atoms with Crippen molar-refractivity contribution in [1.29, 1.82) is 0 Å². The van der Waals surface area contributed by atoms with E-state index in [1.54, 1.807) is 0 Å². The van der Waals surface area contributed by atoms with E-state index < -0.39 is 0 Å². The van der Waals surface area contributed by atoms with Gasteiger partial charge in [-0.25, -0.2) is 0 Å². The second-order valence-corrected chi connectivity index (χ2v) is 6.84. The van der Waals surface area contributed by atoms with Crippen LogP contribution in [0.5, 0.6) is 0 Å². The molecule has 0 spiro atoms. The molecule has 1 aliphatic heterocycles. The quantitative estimate of drug-likeness (QED) is 0.705. The van der Waals surface area contributed by atoms with Gasteiger partial charge in [0.2, 0.25) is 0 Å². The van der Waals surface area contributed by atoms with Crippen LogP contribution in [0.2, 0.25) is 0 Å². The molecule has 0 aromatic heterocycles. The molecule has 2 atom stereocenters. The van der Waals surface area contributed by atoms with Crippen LogP contribution < -0.4 is 0 Å². The molecule has 1 aliphatic rings. The summed E-state index contributed by atoms with van der Waals surface area (Å²) in [6, 6.07) is 10.0. The highest BCUT2D eigenvalue weighted by Crippen LogP contribution is 2.33. The largest absolute Gasteiger partial charge is 0.466 e. The molecular weight excluding hydrogens is 292 g/mol. The smallest absolute Gasteiger partial charge is 0.306 e. The van der Waals surface area contributed by atoms with Gasteiger partial charge in [0.25, 0.3) is 0 Å². The molecule has 2 unspecified atom stereocenters. The molecule has 0 bridgehead atoms. The van der Waals surface area contributed by atoms with Crippen LogP contribution in [0.4, 0.5) is 0 Å². The second kappa shape index (κ2) is 8.46. The lowest BCUT2D eigenvalue weighted by molar-refractivity contribution is -0.219. The Morgan fingerprint density at radius 1 is 1.30 bits per heavy atom. The summed E-state index contributed by atoms with van der Waals surface area (Å²) in [4.78, 5) is 11.7. The third kappa shape index (κ3) is 5.96. The van der Waals surface area contributed by atoms with E-state index in [4.69, 9.17) is 14.2 Å². The molecular formula is C19H28O4. The molecule has 1 fully saturated rings. The monoisotopic (exact) mass is 320 g/mol. The van der Waals surface area contributed by atoms with Crippen LogP contribution in [-0.4, -0.2) is 25.3 Å². The van der Waals surface area contributed by atoms with Gasteiger partial charge in [-0.2, -0.15) is 0 Å².